The van der Waals surface area contributed by atoms with Crippen LogP contribution in [0.1, 0.15) is 0 Å². The highest BCUT2D eigenvalue weighted by Crippen LogP contribution is 2.20. The van der Waals surface area contributed by atoms with Gasteiger partial charge in [-0.3, -0.25) is 0 Å². The van der Waals surface area contributed by atoms with Crippen LogP contribution in [0, 0.1) is 0 Å². The first-order valence-electron chi connectivity index (χ1n) is 2.20. The standard InChI is InChI=1S/C4H5Cl3O3/c5-1(3(6)7)2(8)4(9)10/h1,3,8-10H. The Morgan fingerprint density at radius 3 is 1.50 bits per heavy atom. The summed E-state index contributed by atoms with van der Waals surface area (Å²) < 4.78 is 0. The number of aliphatic hydroxyl groups is 3. The van der Waals surface area contributed by atoms with E-state index in [9.17, 15) is 0 Å². The molecule has 3 nitrogen and oxygen atoms in total. The maximum absolute atomic E-state index is 8.64. The summed E-state index contributed by atoms with van der Waals surface area (Å²) in [5.74, 6) is -2.11. The average molecular weight is 207 g/mol. The van der Waals surface area contributed by atoms with Crippen LogP contribution in [0.2, 0.25) is 0 Å². The SMILES string of the molecule is OC(O)=C(O)C(Cl)C(Cl)Cl. The highest BCUT2D eigenvalue weighted by atomic mass is 35.5. The molecule has 1 unspecified atom stereocenters. The molecule has 60 valence electrons. The normalized spacial score (nSPS) is 13.2. The van der Waals surface area contributed by atoms with Crippen LogP contribution in [0.3, 0.4) is 0 Å². The van der Waals surface area contributed by atoms with Gasteiger partial charge < -0.3 is 15.3 Å². The van der Waals surface area contributed by atoms with E-state index in [-0.39, 0.29) is 0 Å². The van der Waals surface area contributed by atoms with Crippen molar-refractivity contribution in [2.45, 2.75) is 10.2 Å². The van der Waals surface area contributed by atoms with Crippen molar-refractivity contribution in [2.24, 2.45) is 0 Å². The Hall–Kier alpha value is 0.01000. The van der Waals surface area contributed by atoms with Crippen LogP contribution in [0.15, 0.2) is 11.7 Å². The van der Waals surface area contributed by atoms with Gasteiger partial charge in [0.25, 0.3) is 0 Å². The molecule has 0 aliphatic heterocycles. The number of rotatable bonds is 2. The molecular weight excluding hydrogens is 202 g/mol. The van der Waals surface area contributed by atoms with E-state index in [4.69, 9.17) is 50.1 Å². The summed E-state index contributed by atoms with van der Waals surface area (Å²) in [4.78, 5) is -1.09. The lowest BCUT2D eigenvalue weighted by atomic mass is 10.4. The highest BCUT2D eigenvalue weighted by Gasteiger charge is 2.21. The molecule has 6 heteroatoms. The zero-order chi connectivity index (χ0) is 8.31. The van der Waals surface area contributed by atoms with Crippen molar-refractivity contribution in [3.05, 3.63) is 11.7 Å². The van der Waals surface area contributed by atoms with E-state index in [2.05, 4.69) is 0 Å². The fourth-order valence-corrected chi connectivity index (χ4v) is 0.579. The maximum Gasteiger partial charge on any atom is 0.315 e. The Morgan fingerprint density at radius 2 is 1.40 bits per heavy atom. The number of halogens is 3. The summed E-state index contributed by atoms with van der Waals surface area (Å²) in [6.45, 7) is 0. The Bertz CT molecular complexity index is 141. The average Bonchev–Trinajstić information content (AvgIpc) is 1.84. The van der Waals surface area contributed by atoms with Crippen LogP contribution in [-0.2, 0) is 0 Å². The van der Waals surface area contributed by atoms with E-state index < -0.39 is 21.9 Å². The molecule has 0 saturated heterocycles. The first-order chi connectivity index (χ1) is 4.46. The van der Waals surface area contributed by atoms with Gasteiger partial charge in [-0.1, -0.05) is 0 Å². The van der Waals surface area contributed by atoms with Gasteiger partial charge in [-0.05, 0) is 0 Å². The summed E-state index contributed by atoms with van der Waals surface area (Å²) in [6, 6.07) is 0. The largest absolute Gasteiger partial charge is 0.504 e. The molecule has 0 aromatic heterocycles. The molecule has 0 bridgehead atoms. The first-order valence-corrected chi connectivity index (χ1v) is 3.51. The number of hydrogen-bond acceptors (Lipinski definition) is 3. The van der Waals surface area contributed by atoms with Crippen molar-refractivity contribution in [3.8, 4) is 0 Å². The van der Waals surface area contributed by atoms with Gasteiger partial charge in [-0.15, -0.1) is 34.8 Å². The van der Waals surface area contributed by atoms with Crippen LogP contribution in [0.4, 0.5) is 0 Å². The molecule has 0 aliphatic rings. The summed E-state index contributed by atoms with van der Waals surface area (Å²) in [7, 11) is 0. The summed E-state index contributed by atoms with van der Waals surface area (Å²) in [6.07, 6.45) is 0. The zero-order valence-corrected chi connectivity index (χ0v) is 6.90. The molecule has 0 saturated carbocycles. The van der Waals surface area contributed by atoms with Crippen molar-refractivity contribution in [3.63, 3.8) is 0 Å². The van der Waals surface area contributed by atoms with E-state index in [0.717, 1.165) is 0 Å². The Kier molecular flexibility index (Phi) is 4.01. The van der Waals surface area contributed by atoms with Crippen molar-refractivity contribution < 1.29 is 15.3 Å². The molecule has 10 heavy (non-hydrogen) atoms. The molecule has 1 atom stereocenters. The summed E-state index contributed by atoms with van der Waals surface area (Å²) >= 11 is 15.6. The number of aliphatic hydroxyl groups excluding tert-OH is 2. The minimum Gasteiger partial charge on any atom is -0.504 e. The van der Waals surface area contributed by atoms with Gasteiger partial charge in [0.15, 0.2) is 5.76 Å². The minimum absolute atomic E-state index is 0.836. The van der Waals surface area contributed by atoms with E-state index in [1.165, 1.54) is 0 Å². The van der Waals surface area contributed by atoms with E-state index in [0.29, 0.717) is 0 Å². The molecule has 0 radical (unpaired) electrons. The molecule has 0 rings (SSSR count). The Labute approximate surface area is 72.4 Å². The highest BCUT2D eigenvalue weighted by molar-refractivity contribution is 6.48. The van der Waals surface area contributed by atoms with Gasteiger partial charge >= 0.3 is 5.95 Å². The fraction of sp³-hybridized carbons (Fsp3) is 0.500. The number of allylic oxidation sites excluding steroid dienone is 1. The van der Waals surface area contributed by atoms with E-state index in [1.54, 1.807) is 0 Å². The van der Waals surface area contributed by atoms with Crippen LogP contribution in [0.25, 0.3) is 0 Å². The lowest BCUT2D eigenvalue weighted by Gasteiger charge is -2.07. The minimum atomic E-state index is -1.27. The van der Waals surface area contributed by atoms with Crippen molar-refractivity contribution >= 4 is 34.8 Å². The van der Waals surface area contributed by atoms with Crippen LogP contribution in [-0.4, -0.2) is 25.5 Å². The first kappa shape index (κ1) is 10.0. The molecule has 3 N–H and O–H groups in total. The summed E-state index contributed by atoms with van der Waals surface area (Å²) in [5.41, 5.74) is 0. The van der Waals surface area contributed by atoms with Crippen molar-refractivity contribution in [1.82, 2.24) is 0 Å². The second kappa shape index (κ2) is 4.01. The third kappa shape index (κ3) is 2.73. The quantitative estimate of drug-likeness (QED) is 0.481. The van der Waals surface area contributed by atoms with Gasteiger partial charge in [0.1, 0.15) is 10.2 Å². The van der Waals surface area contributed by atoms with Gasteiger partial charge in [-0.2, -0.15) is 0 Å². The summed E-state index contributed by atoms with van der Waals surface area (Å²) in [5, 5.41) is 23.9. The van der Waals surface area contributed by atoms with Gasteiger partial charge in [0.05, 0.1) is 0 Å². The van der Waals surface area contributed by atoms with Crippen molar-refractivity contribution in [1.29, 1.82) is 0 Å². The van der Waals surface area contributed by atoms with Crippen LogP contribution >= 0.6 is 34.8 Å². The molecule has 0 aromatic carbocycles. The Balaban J connectivity index is 4.22. The smallest absolute Gasteiger partial charge is 0.315 e. The molecule has 0 heterocycles. The second-order valence-corrected chi connectivity index (χ2v) is 3.08. The molecule has 0 aliphatic carbocycles. The molecular formula is C4H5Cl3O3. The van der Waals surface area contributed by atoms with E-state index >= 15 is 0 Å². The lowest BCUT2D eigenvalue weighted by molar-refractivity contribution is 0.155. The predicted molar refractivity (Wildman–Crippen MR) is 40.0 cm³/mol. The third-order valence-electron chi connectivity index (χ3n) is 0.712. The predicted octanol–water partition coefficient (Wildman–Crippen LogP) is 2.24. The van der Waals surface area contributed by atoms with Gasteiger partial charge in [0.2, 0.25) is 0 Å². The van der Waals surface area contributed by atoms with Gasteiger partial charge in [0, 0.05) is 0 Å². The zero-order valence-electron chi connectivity index (χ0n) is 4.63. The fourth-order valence-electron chi connectivity index (χ4n) is 0.243. The second-order valence-electron chi connectivity index (χ2n) is 1.45. The third-order valence-corrected chi connectivity index (χ3v) is 1.93. The van der Waals surface area contributed by atoms with Crippen molar-refractivity contribution in [2.75, 3.05) is 0 Å². The lowest BCUT2D eigenvalue weighted by Crippen LogP contribution is -2.13. The van der Waals surface area contributed by atoms with Crippen LogP contribution < -0.4 is 0 Å². The molecule has 0 amide bonds. The Morgan fingerprint density at radius 1 is 1.00 bits per heavy atom. The van der Waals surface area contributed by atoms with Gasteiger partial charge in [-0.25, -0.2) is 0 Å². The topological polar surface area (TPSA) is 60.7 Å². The van der Waals surface area contributed by atoms with E-state index in [1.807, 2.05) is 0 Å². The molecule has 0 aromatic rings. The van der Waals surface area contributed by atoms with Crippen LogP contribution in [0.5, 0.6) is 0 Å². The number of alkyl halides is 3. The monoisotopic (exact) mass is 206 g/mol. The molecule has 0 fully saturated rings. The number of hydrogen-bond donors (Lipinski definition) is 3. The molecule has 0 spiro atoms. The maximum atomic E-state index is 8.64.